The van der Waals surface area contributed by atoms with Gasteiger partial charge in [0.2, 0.25) is 0 Å². The van der Waals surface area contributed by atoms with Gasteiger partial charge in [0.15, 0.2) is 0 Å². The fourth-order valence-electron chi connectivity index (χ4n) is 3.70. The average molecular weight is 468 g/mol. The molecule has 0 spiro atoms. The third kappa shape index (κ3) is 6.14. The van der Waals surface area contributed by atoms with Crippen molar-refractivity contribution in [3.8, 4) is 17.0 Å². The number of ether oxygens (including phenoxy) is 1. The molecular formula is C28H29N5O2. The molecule has 0 unspecified atom stereocenters. The van der Waals surface area contributed by atoms with Crippen molar-refractivity contribution in [1.82, 2.24) is 15.6 Å². The number of amides is 1. The van der Waals surface area contributed by atoms with Crippen LogP contribution >= 0.6 is 0 Å². The van der Waals surface area contributed by atoms with E-state index >= 15 is 0 Å². The molecule has 0 saturated carbocycles. The Balaban J connectivity index is 1.38. The van der Waals surface area contributed by atoms with Crippen LogP contribution in [0, 0.1) is 0 Å². The summed E-state index contributed by atoms with van der Waals surface area (Å²) in [6.07, 6.45) is 1.62. The monoisotopic (exact) mass is 467 g/mol. The minimum atomic E-state index is -0.373. The smallest absolute Gasteiger partial charge is 0.289 e. The van der Waals surface area contributed by atoms with Gasteiger partial charge in [-0.15, -0.1) is 0 Å². The summed E-state index contributed by atoms with van der Waals surface area (Å²) < 4.78 is 6.02. The molecule has 7 heteroatoms. The molecule has 4 aromatic rings. The molecule has 0 aliphatic carbocycles. The number of hydrogen-bond donors (Lipinski definition) is 2. The molecule has 0 atom stereocenters. The fourth-order valence-corrected chi connectivity index (χ4v) is 3.70. The Kier molecular flexibility index (Phi) is 7.91. The van der Waals surface area contributed by atoms with Gasteiger partial charge in [-0.2, -0.15) is 10.2 Å². The highest BCUT2D eigenvalue weighted by Gasteiger charge is 2.14. The van der Waals surface area contributed by atoms with Crippen molar-refractivity contribution < 1.29 is 9.53 Å². The maximum atomic E-state index is 12.6. The van der Waals surface area contributed by atoms with Crippen molar-refractivity contribution in [2.45, 2.75) is 20.5 Å². The maximum Gasteiger partial charge on any atom is 0.289 e. The molecule has 1 amide bonds. The second-order valence-electron chi connectivity index (χ2n) is 7.90. The van der Waals surface area contributed by atoms with E-state index in [0.29, 0.717) is 23.7 Å². The first-order valence-electron chi connectivity index (χ1n) is 11.7. The molecule has 1 heterocycles. The lowest BCUT2D eigenvalue weighted by Gasteiger charge is -2.20. The maximum absolute atomic E-state index is 12.6. The van der Waals surface area contributed by atoms with Crippen molar-refractivity contribution in [2.75, 3.05) is 18.0 Å². The van der Waals surface area contributed by atoms with E-state index in [1.54, 1.807) is 12.3 Å². The van der Waals surface area contributed by atoms with Gasteiger partial charge in [-0.25, -0.2) is 5.43 Å². The summed E-state index contributed by atoms with van der Waals surface area (Å²) in [5.41, 5.74) is 7.42. The van der Waals surface area contributed by atoms with Crippen molar-refractivity contribution in [1.29, 1.82) is 0 Å². The minimum absolute atomic E-state index is 0.312. The van der Waals surface area contributed by atoms with Gasteiger partial charge >= 0.3 is 0 Å². The fraction of sp³-hybridized carbons (Fsp3) is 0.179. The van der Waals surface area contributed by atoms with Gasteiger partial charge in [-0.05, 0) is 55.3 Å². The summed E-state index contributed by atoms with van der Waals surface area (Å²) in [4.78, 5) is 14.8. The zero-order valence-corrected chi connectivity index (χ0v) is 19.9. The van der Waals surface area contributed by atoms with E-state index in [4.69, 9.17) is 4.74 Å². The molecule has 178 valence electrons. The van der Waals surface area contributed by atoms with Crippen molar-refractivity contribution >= 4 is 17.8 Å². The van der Waals surface area contributed by atoms with Gasteiger partial charge in [-0.1, -0.05) is 54.6 Å². The van der Waals surface area contributed by atoms with Gasteiger partial charge in [-0.3, -0.25) is 9.89 Å². The van der Waals surface area contributed by atoms with E-state index in [2.05, 4.69) is 51.6 Å². The molecular weight excluding hydrogens is 438 g/mol. The van der Waals surface area contributed by atoms with E-state index in [-0.39, 0.29) is 5.91 Å². The van der Waals surface area contributed by atoms with E-state index in [9.17, 15) is 4.79 Å². The largest absolute Gasteiger partial charge is 0.488 e. The van der Waals surface area contributed by atoms with Gasteiger partial charge in [0.1, 0.15) is 18.1 Å². The Bertz CT molecular complexity index is 1260. The number of nitrogens with one attached hydrogen (secondary N) is 2. The lowest BCUT2D eigenvalue weighted by Crippen LogP contribution is -2.21. The second kappa shape index (κ2) is 11.7. The lowest BCUT2D eigenvalue weighted by atomic mass is 10.1. The average Bonchev–Trinajstić information content (AvgIpc) is 3.40. The lowest BCUT2D eigenvalue weighted by molar-refractivity contribution is 0.0950. The van der Waals surface area contributed by atoms with Crippen LogP contribution < -0.4 is 15.1 Å². The highest BCUT2D eigenvalue weighted by molar-refractivity contribution is 5.94. The standard InChI is InChI=1S/C28H29N5O2/c1-3-33(4-2)23-16-14-21(15-17-23)19-29-32-28(34)26-18-25(30-31-26)24-12-8-9-13-27(24)35-20-22-10-6-5-7-11-22/h5-19H,3-4,20H2,1-2H3,(H,30,31)(H,32,34). The molecule has 0 fully saturated rings. The number of nitrogens with zero attached hydrogens (tertiary/aromatic N) is 3. The molecule has 4 rings (SSSR count). The number of rotatable bonds is 10. The van der Waals surface area contributed by atoms with Crippen molar-refractivity contribution in [3.63, 3.8) is 0 Å². The predicted molar refractivity (Wildman–Crippen MR) is 140 cm³/mol. The highest BCUT2D eigenvalue weighted by Crippen LogP contribution is 2.29. The van der Waals surface area contributed by atoms with E-state index in [1.165, 1.54) is 0 Å². The Morgan fingerprint density at radius 3 is 2.46 bits per heavy atom. The normalized spacial score (nSPS) is 10.9. The van der Waals surface area contributed by atoms with Gasteiger partial charge in [0.05, 0.1) is 11.9 Å². The second-order valence-corrected chi connectivity index (χ2v) is 7.90. The Morgan fingerprint density at radius 2 is 1.71 bits per heavy atom. The minimum Gasteiger partial charge on any atom is -0.488 e. The summed E-state index contributed by atoms with van der Waals surface area (Å²) in [6, 6.07) is 27.3. The van der Waals surface area contributed by atoms with Gasteiger partial charge in [0, 0.05) is 24.3 Å². The van der Waals surface area contributed by atoms with Crippen LogP contribution in [0.2, 0.25) is 0 Å². The van der Waals surface area contributed by atoms with Crippen LogP contribution in [0.15, 0.2) is 90.0 Å². The molecule has 2 N–H and O–H groups in total. The summed E-state index contributed by atoms with van der Waals surface area (Å²) in [5.74, 6) is 0.323. The summed E-state index contributed by atoms with van der Waals surface area (Å²) in [7, 11) is 0. The number of carbonyl (C=O) groups excluding carboxylic acids is 1. The van der Waals surface area contributed by atoms with E-state index in [1.807, 2.05) is 66.7 Å². The molecule has 0 aliphatic heterocycles. The topological polar surface area (TPSA) is 82.6 Å². The number of carbonyl (C=O) groups is 1. The summed E-state index contributed by atoms with van der Waals surface area (Å²) in [5, 5.41) is 11.2. The van der Waals surface area contributed by atoms with Crippen LogP contribution in [0.25, 0.3) is 11.3 Å². The molecule has 1 aromatic heterocycles. The summed E-state index contributed by atoms with van der Waals surface area (Å²) >= 11 is 0. The predicted octanol–water partition coefficient (Wildman–Crippen LogP) is 5.27. The first kappa shape index (κ1) is 23.8. The molecule has 0 saturated heterocycles. The number of aromatic amines is 1. The SMILES string of the molecule is CCN(CC)c1ccc(C=NNC(=O)c2cc(-c3ccccc3OCc3ccccc3)n[nH]2)cc1. The summed E-state index contributed by atoms with van der Waals surface area (Å²) in [6.45, 7) is 6.61. The molecule has 7 nitrogen and oxygen atoms in total. The quantitative estimate of drug-likeness (QED) is 0.246. The van der Waals surface area contributed by atoms with Gasteiger partial charge < -0.3 is 9.64 Å². The van der Waals surface area contributed by atoms with Gasteiger partial charge in [0.25, 0.3) is 5.91 Å². The molecule has 0 aliphatic rings. The van der Waals surface area contributed by atoms with Crippen LogP contribution in [0.1, 0.15) is 35.5 Å². The number of aromatic nitrogens is 2. The number of hydrazone groups is 1. The third-order valence-corrected chi connectivity index (χ3v) is 5.62. The molecule has 0 radical (unpaired) electrons. The number of H-pyrrole nitrogens is 1. The molecule has 35 heavy (non-hydrogen) atoms. The Labute approximate surface area is 205 Å². The Hall–Kier alpha value is -4.39. The number of benzene rings is 3. The molecule has 3 aromatic carbocycles. The number of hydrogen-bond acceptors (Lipinski definition) is 5. The zero-order chi connectivity index (χ0) is 24.5. The van der Waals surface area contributed by atoms with Crippen molar-refractivity contribution in [2.24, 2.45) is 5.10 Å². The number of para-hydroxylation sites is 1. The van der Waals surface area contributed by atoms with Crippen LogP contribution in [-0.4, -0.2) is 35.4 Å². The molecule has 0 bridgehead atoms. The van der Waals surface area contributed by atoms with Crippen LogP contribution in [0.3, 0.4) is 0 Å². The van der Waals surface area contributed by atoms with Crippen LogP contribution in [-0.2, 0) is 6.61 Å². The third-order valence-electron chi connectivity index (χ3n) is 5.62. The number of anilines is 1. The van der Waals surface area contributed by atoms with Crippen molar-refractivity contribution in [3.05, 3.63) is 102 Å². The zero-order valence-electron chi connectivity index (χ0n) is 19.9. The van der Waals surface area contributed by atoms with Crippen LogP contribution in [0.5, 0.6) is 5.75 Å². The Morgan fingerprint density at radius 1 is 1.00 bits per heavy atom. The first-order valence-corrected chi connectivity index (χ1v) is 11.7. The highest BCUT2D eigenvalue weighted by atomic mass is 16.5. The first-order chi connectivity index (χ1) is 17.2. The van der Waals surface area contributed by atoms with E-state index < -0.39 is 0 Å². The van der Waals surface area contributed by atoms with Crippen LogP contribution in [0.4, 0.5) is 5.69 Å². The van der Waals surface area contributed by atoms with E-state index in [0.717, 1.165) is 35.5 Å².